The van der Waals surface area contributed by atoms with E-state index < -0.39 is 0 Å². The summed E-state index contributed by atoms with van der Waals surface area (Å²) in [5.74, 6) is 2.28. The fourth-order valence-electron chi connectivity index (χ4n) is 3.22. The van der Waals surface area contributed by atoms with Gasteiger partial charge >= 0.3 is 0 Å². The minimum absolute atomic E-state index is 0.308. The van der Waals surface area contributed by atoms with E-state index in [-0.39, 0.29) is 0 Å². The Morgan fingerprint density at radius 2 is 2.17 bits per heavy atom. The molecule has 5 nitrogen and oxygen atoms in total. The van der Waals surface area contributed by atoms with Gasteiger partial charge < -0.3 is 14.5 Å². The average molecular weight is 336 g/mol. The van der Waals surface area contributed by atoms with Gasteiger partial charge in [-0.1, -0.05) is 24.1 Å². The van der Waals surface area contributed by atoms with Gasteiger partial charge in [0.1, 0.15) is 5.82 Å². The fourth-order valence-corrected chi connectivity index (χ4v) is 3.51. The summed E-state index contributed by atoms with van der Waals surface area (Å²) >= 11 is 6.53. The zero-order chi connectivity index (χ0) is 16.2. The van der Waals surface area contributed by atoms with Crippen molar-refractivity contribution in [3.05, 3.63) is 40.9 Å². The van der Waals surface area contributed by atoms with Crippen molar-refractivity contribution in [1.82, 2.24) is 14.9 Å². The quantitative estimate of drug-likeness (QED) is 0.902. The summed E-state index contributed by atoms with van der Waals surface area (Å²) in [7, 11) is 3.23. The van der Waals surface area contributed by atoms with Crippen LogP contribution in [0.25, 0.3) is 0 Å². The Balaban J connectivity index is 1.85. The van der Waals surface area contributed by atoms with Gasteiger partial charge in [-0.15, -0.1) is 0 Å². The fraction of sp³-hybridized carbons (Fsp3) is 0.471. The second-order valence-electron chi connectivity index (χ2n) is 5.73. The van der Waals surface area contributed by atoms with Gasteiger partial charge in [0.15, 0.2) is 11.5 Å². The van der Waals surface area contributed by atoms with Gasteiger partial charge in [-0.2, -0.15) is 0 Å². The van der Waals surface area contributed by atoms with Crippen molar-refractivity contribution in [1.29, 1.82) is 0 Å². The normalized spacial score (nSPS) is 18.8. The van der Waals surface area contributed by atoms with Crippen molar-refractivity contribution in [2.24, 2.45) is 0 Å². The molecule has 2 heterocycles. The minimum Gasteiger partial charge on any atom is -0.493 e. The number of nitrogens with zero attached hydrogens (tertiary/aromatic N) is 2. The molecule has 0 bridgehead atoms. The first-order valence-corrected chi connectivity index (χ1v) is 8.25. The van der Waals surface area contributed by atoms with E-state index in [0.29, 0.717) is 22.6 Å². The molecule has 1 N–H and O–H groups in total. The van der Waals surface area contributed by atoms with Crippen LogP contribution in [-0.4, -0.2) is 35.6 Å². The Kier molecular flexibility index (Phi) is 5.08. The van der Waals surface area contributed by atoms with Crippen molar-refractivity contribution in [3.63, 3.8) is 0 Å². The van der Waals surface area contributed by atoms with Crippen LogP contribution in [0.1, 0.15) is 36.7 Å². The number of nitrogens with one attached hydrogen (secondary N) is 1. The molecule has 124 valence electrons. The summed E-state index contributed by atoms with van der Waals surface area (Å²) in [4.78, 5) is 10.1. The highest BCUT2D eigenvalue weighted by atomic mass is 35.5. The number of rotatable bonds is 5. The number of piperidine rings is 1. The molecule has 1 aliphatic heterocycles. The molecule has 1 fully saturated rings. The molecule has 0 amide bonds. The lowest BCUT2D eigenvalue weighted by Gasteiger charge is -2.34. The number of imidazole rings is 1. The highest BCUT2D eigenvalue weighted by Crippen LogP contribution is 2.39. The number of halogens is 1. The number of H-pyrrole nitrogens is 1. The van der Waals surface area contributed by atoms with E-state index in [1.54, 1.807) is 14.2 Å². The zero-order valence-electron chi connectivity index (χ0n) is 13.5. The molecule has 1 aromatic carbocycles. The molecule has 1 saturated heterocycles. The van der Waals surface area contributed by atoms with E-state index >= 15 is 0 Å². The molecule has 3 rings (SSSR count). The van der Waals surface area contributed by atoms with Crippen LogP contribution in [0.2, 0.25) is 5.02 Å². The average Bonchev–Trinajstić information content (AvgIpc) is 3.11. The van der Waals surface area contributed by atoms with Gasteiger partial charge in [-0.25, -0.2) is 4.98 Å². The third kappa shape index (κ3) is 3.31. The topological polar surface area (TPSA) is 50.4 Å². The van der Waals surface area contributed by atoms with E-state index in [0.717, 1.165) is 30.9 Å². The van der Waals surface area contributed by atoms with Gasteiger partial charge in [0, 0.05) is 18.9 Å². The van der Waals surface area contributed by atoms with Gasteiger partial charge in [0.2, 0.25) is 0 Å². The van der Waals surface area contributed by atoms with Crippen LogP contribution in [0.4, 0.5) is 0 Å². The van der Waals surface area contributed by atoms with Crippen LogP contribution in [0.5, 0.6) is 11.5 Å². The van der Waals surface area contributed by atoms with E-state index in [9.17, 15) is 0 Å². The van der Waals surface area contributed by atoms with Gasteiger partial charge in [0.05, 0.1) is 25.3 Å². The second kappa shape index (κ2) is 7.23. The maximum Gasteiger partial charge on any atom is 0.179 e. The third-order valence-electron chi connectivity index (χ3n) is 4.39. The van der Waals surface area contributed by atoms with Crippen molar-refractivity contribution >= 4 is 11.6 Å². The van der Waals surface area contributed by atoms with Gasteiger partial charge in [0.25, 0.3) is 0 Å². The summed E-state index contributed by atoms with van der Waals surface area (Å²) < 4.78 is 10.7. The van der Waals surface area contributed by atoms with E-state index in [4.69, 9.17) is 21.1 Å². The molecular formula is C17H22ClN3O2. The van der Waals surface area contributed by atoms with Crippen LogP contribution >= 0.6 is 11.6 Å². The zero-order valence-corrected chi connectivity index (χ0v) is 14.3. The first-order chi connectivity index (χ1) is 11.2. The smallest absolute Gasteiger partial charge is 0.179 e. The number of benzene rings is 1. The van der Waals surface area contributed by atoms with E-state index in [2.05, 4.69) is 14.9 Å². The van der Waals surface area contributed by atoms with Crippen LogP contribution in [0, 0.1) is 0 Å². The Bertz CT molecular complexity index is 646. The molecule has 0 aliphatic carbocycles. The Labute approximate surface area is 141 Å². The van der Waals surface area contributed by atoms with E-state index in [1.807, 2.05) is 24.5 Å². The number of likely N-dealkylation sites (tertiary alicyclic amines) is 1. The minimum atomic E-state index is 0.308. The molecule has 6 heteroatoms. The summed E-state index contributed by atoms with van der Waals surface area (Å²) in [6.07, 6.45) is 7.22. The molecule has 2 aromatic rings. The standard InChI is InChI=1S/C17H22ClN3O2/c1-22-14-7-6-12(15(18)16(14)23-2)11-21-10-4-3-5-13(21)17-19-8-9-20-17/h6-9,13H,3-5,10-11H2,1-2H3,(H,19,20). The first-order valence-electron chi connectivity index (χ1n) is 7.87. The Morgan fingerprint density at radius 1 is 1.30 bits per heavy atom. The number of hydrogen-bond donors (Lipinski definition) is 1. The molecule has 0 spiro atoms. The molecule has 1 aliphatic rings. The van der Waals surface area contributed by atoms with Crippen LogP contribution in [-0.2, 0) is 6.54 Å². The van der Waals surface area contributed by atoms with Crippen molar-refractivity contribution in [2.75, 3.05) is 20.8 Å². The second-order valence-corrected chi connectivity index (χ2v) is 6.11. The van der Waals surface area contributed by atoms with Crippen molar-refractivity contribution in [2.45, 2.75) is 31.8 Å². The van der Waals surface area contributed by atoms with Crippen LogP contribution in [0.15, 0.2) is 24.5 Å². The molecule has 0 radical (unpaired) electrons. The third-order valence-corrected chi connectivity index (χ3v) is 4.80. The lowest BCUT2D eigenvalue weighted by atomic mass is 10.0. The van der Waals surface area contributed by atoms with E-state index in [1.165, 1.54) is 12.8 Å². The van der Waals surface area contributed by atoms with Crippen LogP contribution in [0.3, 0.4) is 0 Å². The first kappa shape index (κ1) is 16.1. The maximum atomic E-state index is 6.53. The molecule has 23 heavy (non-hydrogen) atoms. The summed E-state index contributed by atoms with van der Waals surface area (Å²) in [5.41, 5.74) is 1.04. The lowest BCUT2D eigenvalue weighted by molar-refractivity contribution is 0.134. The highest BCUT2D eigenvalue weighted by Gasteiger charge is 2.27. The molecule has 1 aromatic heterocycles. The van der Waals surface area contributed by atoms with Crippen molar-refractivity contribution < 1.29 is 9.47 Å². The number of hydrogen-bond acceptors (Lipinski definition) is 4. The molecule has 0 saturated carbocycles. The number of aromatic amines is 1. The SMILES string of the molecule is COc1ccc(CN2CCCCC2c2ncc[nH]2)c(Cl)c1OC. The largest absolute Gasteiger partial charge is 0.493 e. The van der Waals surface area contributed by atoms with Crippen molar-refractivity contribution in [3.8, 4) is 11.5 Å². The lowest BCUT2D eigenvalue weighted by Crippen LogP contribution is -2.33. The Hall–Kier alpha value is -1.72. The summed E-state index contributed by atoms with van der Waals surface area (Å²) in [6.45, 7) is 1.81. The summed E-state index contributed by atoms with van der Waals surface area (Å²) in [5, 5.41) is 0.621. The maximum absolute atomic E-state index is 6.53. The predicted molar refractivity (Wildman–Crippen MR) is 90.1 cm³/mol. The number of aromatic nitrogens is 2. The monoisotopic (exact) mass is 335 g/mol. The Morgan fingerprint density at radius 3 is 2.87 bits per heavy atom. The molecule has 1 atom stereocenters. The van der Waals surface area contributed by atoms with Gasteiger partial charge in [-0.3, -0.25) is 4.90 Å². The predicted octanol–water partition coefficient (Wildman–Crippen LogP) is 3.81. The number of methoxy groups -OCH3 is 2. The molecule has 1 unspecified atom stereocenters. The van der Waals surface area contributed by atoms with Crippen LogP contribution < -0.4 is 9.47 Å². The van der Waals surface area contributed by atoms with Gasteiger partial charge in [-0.05, 0) is 31.0 Å². The highest BCUT2D eigenvalue weighted by molar-refractivity contribution is 6.33. The summed E-state index contributed by atoms with van der Waals surface area (Å²) in [6, 6.07) is 4.23. The number of ether oxygens (including phenoxy) is 2. The molecular weight excluding hydrogens is 314 g/mol.